The van der Waals surface area contributed by atoms with Crippen molar-refractivity contribution in [3.8, 4) is 0 Å². The number of anilines is 2. The molecule has 0 aliphatic carbocycles. The largest absolute Gasteiger partial charge is 0.370 e. The summed E-state index contributed by atoms with van der Waals surface area (Å²) in [5.74, 6) is -2.39. The number of nitrogens with two attached hydrogens (primary N) is 1. The van der Waals surface area contributed by atoms with Crippen LogP contribution in [0.3, 0.4) is 0 Å². The third kappa shape index (κ3) is 7.27. The van der Waals surface area contributed by atoms with E-state index in [0.717, 1.165) is 6.07 Å². The number of rotatable bonds is 7. The number of nitrogens with one attached hydrogen (secondary N) is 1. The van der Waals surface area contributed by atoms with Gasteiger partial charge in [0.15, 0.2) is 6.04 Å². The molecule has 3 N–H and O–H groups in total. The molecule has 0 saturated carbocycles. The lowest BCUT2D eigenvalue weighted by Crippen LogP contribution is -2.56. The van der Waals surface area contributed by atoms with Crippen molar-refractivity contribution in [2.24, 2.45) is 16.6 Å². The fourth-order valence-corrected chi connectivity index (χ4v) is 3.72. The summed E-state index contributed by atoms with van der Waals surface area (Å²) in [6, 6.07) is 2.84. The maximum atomic E-state index is 14.7. The molecule has 8 nitrogen and oxygen atoms in total. The Kier molecular flexibility index (Phi) is 8.01. The normalized spacial score (nSPS) is 16.2. The number of benzene rings is 1. The van der Waals surface area contributed by atoms with Crippen molar-refractivity contribution < 1.29 is 23.5 Å². The third-order valence-electron chi connectivity index (χ3n) is 4.73. The molecule has 3 amide bonds. The zero-order valence-corrected chi connectivity index (χ0v) is 19.8. The molecule has 0 aromatic heterocycles. The minimum Gasteiger partial charge on any atom is -0.370 e. The topological polar surface area (TPSA) is 105 Å². The Morgan fingerprint density at radius 3 is 2.25 bits per heavy atom. The number of nitrogens with zero attached hydrogens (tertiary/aromatic N) is 2. The van der Waals surface area contributed by atoms with Gasteiger partial charge in [0.2, 0.25) is 5.91 Å². The number of hydrogen-bond acceptors (Lipinski definition) is 5. The molecule has 1 aromatic carbocycles. The highest BCUT2D eigenvalue weighted by Gasteiger charge is 2.36. The summed E-state index contributed by atoms with van der Waals surface area (Å²) < 4.78 is 19.8. The molecule has 0 unspecified atom stereocenters. The second-order valence-electron chi connectivity index (χ2n) is 10.6. The number of morpholine rings is 1. The molecule has 0 radical (unpaired) electrons. The van der Waals surface area contributed by atoms with E-state index >= 15 is 0 Å². The average molecular weight is 451 g/mol. The first kappa shape index (κ1) is 25.7. The Morgan fingerprint density at radius 2 is 1.78 bits per heavy atom. The summed E-state index contributed by atoms with van der Waals surface area (Å²) in [5.41, 5.74) is 5.55. The number of hydrogen-bond donors (Lipinski definition) is 2. The van der Waals surface area contributed by atoms with E-state index in [1.54, 1.807) is 4.90 Å². The molecule has 1 aliphatic heterocycles. The number of primary amides is 1. The van der Waals surface area contributed by atoms with Gasteiger partial charge >= 0.3 is 0 Å². The van der Waals surface area contributed by atoms with Crippen LogP contribution in [0.1, 0.15) is 41.5 Å². The zero-order chi connectivity index (χ0) is 24.3. The standard InChI is InChI=1S/C23H35FN4O4/c1-22(2,3)13-27(14-23(4,5)6)19(20(25)30)21(31)26-15-7-8-17(16(24)11-15)28-9-10-32-12-18(28)29/h7-8,11,19H,9-10,12-14H2,1-6H3,(H2,25,30)(H,26,31)/t19-/m1/s1. The van der Waals surface area contributed by atoms with Crippen LogP contribution < -0.4 is 16.0 Å². The van der Waals surface area contributed by atoms with Gasteiger partial charge < -0.3 is 20.7 Å². The Morgan fingerprint density at radius 1 is 1.19 bits per heavy atom. The van der Waals surface area contributed by atoms with Gasteiger partial charge in [-0.1, -0.05) is 41.5 Å². The van der Waals surface area contributed by atoms with E-state index in [1.807, 2.05) is 41.5 Å². The second kappa shape index (κ2) is 9.95. The fourth-order valence-electron chi connectivity index (χ4n) is 3.72. The molecule has 9 heteroatoms. The quantitative estimate of drug-likeness (QED) is 0.621. The molecule has 0 bridgehead atoms. The van der Waals surface area contributed by atoms with Gasteiger partial charge in [-0.15, -0.1) is 0 Å². The Bertz CT molecular complexity index is 845. The van der Waals surface area contributed by atoms with Crippen molar-refractivity contribution in [2.75, 3.05) is 43.1 Å². The lowest BCUT2D eigenvalue weighted by atomic mass is 9.90. The van der Waals surface area contributed by atoms with E-state index in [0.29, 0.717) is 19.7 Å². The molecule has 0 spiro atoms. The summed E-state index contributed by atoms with van der Waals surface area (Å²) in [4.78, 5) is 40.4. The Hall–Kier alpha value is -2.52. The highest BCUT2D eigenvalue weighted by atomic mass is 19.1. The predicted molar refractivity (Wildman–Crippen MR) is 122 cm³/mol. The highest BCUT2D eigenvalue weighted by Crippen LogP contribution is 2.26. The molecule has 1 heterocycles. The Balaban J connectivity index is 2.25. The van der Waals surface area contributed by atoms with Gasteiger partial charge in [-0.05, 0) is 29.0 Å². The maximum Gasteiger partial charge on any atom is 0.253 e. The van der Waals surface area contributed by atoms with E-state index in [2.05, 4.69) is 5.32 Å². The van der Waals surface area contributed by atoms with Crippen molar-refractivity contribution in [1.82, 2.24) is 4.90 Å². The first-order valence-electron chi connectivity index (χ1n) is 10.7. The van der Waals surface area contributed by atoms with E-state index < -0.39 is 23.7 Å². The van der Waals surface area contributed by atoms with Crippen LogP contribution in [0.5, 0.6) is 0 Å². The SMILES string of the molecule is CC(C)(C)CN(CC(C)(C)C)[C@H](C(N)=O)C(=O)Nc1ccc(N2CCOCC2=O)c(F)c1. The van der Waals surface area contributed by atoms with E-state index in [-0.39, 0.29) is 41.3 Å². The van der Waals surface area contributed by atoms with Crippen LogP contribution in [0, 0.1) is 16.6 Å². The third-order valence-corrected chi connectivity index (χ3v) is 4.73. The first-order valence-corrected chi connectivity index (χ1v) is 10.7. The van der Waals surface area contributed by atoms with Gasteiger partial charge in [-0.25, -0.2) is 4.39 Å². The maximum absolute atomic E-state index is 14.7. The van der Waals surface area contributed by atoms with Crippen molar-refractivity contribution in [2.45, 2.75) is 47.6 Å². The Labute approximate surface area is 189 Å². The molecule has 1 atom stereocenters. The van der Waals surface area contributed by atoms with Crippen molar-refractivity contribution in [3.05, 3.63) is 24.0 Å². The van der Waals surface area contributed by atoms with Gasteiger partial charge in [0.1, 0.15) is 12.4 Å². The zero-order valence-electron chi connectivity index (χ0n) is 19.8. The number of carbonyl (C=O) groups is 3. The van der Waals surface area contributed by atoms with Crippen LogP contribution in [0.2, 0.25) is 0 Å². The molecule has 1 fully saturated rings. The molecular weight excluding hydrogens is 415 g/mol. The summed E-state index contributed by atoms with van der Waals surface area (Å²) in [6.45, 7) is 13.5. The lowest BCUT2D eigenvalue weighted by Gasteiger charge is -2.38. The van der Waals surface area contributed by atoms with Gasteiger partial charge in [0.25, 0.3) is 11.8 Å². The van der Waals surface area contributed by atoms with Gasteiger partial charge in [-0.2, -0.15) is 0 Å². The second-order valence-corrected chi connectivity index (χ2v) is 10.6. The summed E-state index contributed by atoms with van der Waals surface area (Å²) >= 11 is 0. The van der Waals surface area contributed by atoms with Crippen LogP contribution in [0.4, 0.5) is 15.8 Å². The van der Waals surface area contributed by atoms with Crippen LogP contribution in [-0.2, 0) is 19.1 Å². The number of carbonyl (C=O) groups excluding carboxylic acids is 3. The van der Waals surface area contributed by atoms with E-state index in [4.69, 9.17) is 10.5 Å². The number of halogens is 1. The van der Waals surface area contributed by atoms with E-state index in [1.165, 1.54) is 17.0 Å². The highest BCUT2D eigenvalue weighted by molar-refractivity contribution is 6.09. The van der Waals surface area contributed by atoms with Crippen LogP contribution in [0.15, 0.2) is 18.2 Å². The smallest absolute Gasteiger partial charge is 0.253 e. The molecule has 32 heavy (non-hydrogen) atoms. The summed E-state index contributed by atoms with van der Waals surface area (Å²) in [7, 11) is 0. The lowest BCUT2D eigenvalue weighted by molar-refractivity contribution is -0.133. The minimum absolute atomic E-state index is 0.102. The fraction of sp³-hybridized carbons (Fsp3) is 0.609. The monoisotopic (exact) mass is 450 g/mol. The summed E-state index contributed by atoms with van der Waals surface area (Å²) in [5, 5.41) is 2.61. The van der Waals surface area contributed by atoms with Gasteiger partial charge in [0.05, 0.1) is 12.3 Å². The van der Waals surface area contributed by atoms with Crippen LogP contribution >= 0.6 is 0 Å². The van der Waals surface area contributed by atoms with Crippen molar-refractivity contribution in [1.29, 1.82) is 0 Å². The first-order chi connectivity index (χ1) is 14.7. The number of ether oxygens (including phenoxy) is 1. The van der Waals surface area contributed by atoms with E-state index in [9.17, 15) is 18.8 Å². The molecule has 1 aromatic rings. The van der Waals surface area contributed by atoms with Crippen molar-refractivity contribution >= 4 is 29.1 Å². The molecule has 1 aliphatic rings. The van der Waals surface area contributed by atoms with Gasteiger partial charge in [0, 0.05) is 25.3 Å². The molecular formula is C23H35FN4O4. The average Bonchev–Trinajstić information content (AvgIpc) is 2.59. The van der Waals surface area contributed by atoms with Crippen LogP contribution in [0.25, 0.3) is 0 Å². The molecule has 178 valence electrons. The minimum atomic E-state index is -1.21. The summed E-state index contributed by atoms with van der Waals surface area (Å²) in [6.07, 6.45) is 0. The van der Waals surface area contributed by atoms with Crippen LogP contribution in [-0.4, -0.2) is 61.5 Å². The number of amides is 3. The molecule has 2 rings (SSSR count). The predicted octanol–water partition coefficient (Wildman–Crippen LogP) is 2.38. The molecule has 1 saturated heterocycles. The van der Waals surface area contributed by atoms with Gasteiger partial charge in [-0.3, -0.25) is 19.3 Å². The van der Waals surface area contributed by atoms with Crippen molar-refractivity contribution in [3.63, 3.8) is 0 Å².